The van der Waals surface area contributed by atoms with Gasteiger partial charge in [0.15, 0.2) is 0 Å². The Hall–Kier alpha value is -1.30. The van der Waals surface area contributed by atoms with E-state index in [0.717, 1.165) is 50.8 Å². The molecule has 0 fully saturated rings. The average molecular weight is 232 g/mol. The van der Waals surface area contributed by atoms with E-state index in [9.17, 15) is 10.1 Å². The fourth-order valence-electron chi connectivity index (χ4n) is 2.83. The highest BCUT2D eigenvalue weighted by Gasteiger charge is 2.35. The molecule has 2 aliphatic rings. The Balaban J connectivity index is 2.19. The first-order chi connectivity index (χ1) is 8.27. The molecule has 0 spiro atoms. The second-order valence-electron chi connectivity index (χ2n) is 5.01. The summed E-state index contributed by atoms with van der Waals surface area (Å²) in [6.45, 7) is 3.72. The van der Waals surface area contributed by atoms with Gasteiger partial charge >= 0.3 is 0 Å². The number of rotatable bonds is 3. The van der Waals surface area contributed by atoms with Gasteiger partial charge in [0.05, 0.1) is 6.07 Å². The molecule has 1 unspecified atom stereocenters. The molecule has 2 rings (SSSR count). The standard InChI is InChI=1S/C14H20N2O/c1-2-3-8-16-10-11-6-4-5-7-12(11)13(9-15)14(16)17/h13H,2-8,10H2,1H3. The van der Waals surface area contributed by atoms with E-state index in [4.69, 9.17) is 0 Å². The lowest BCUT2D eigenvalue weighted by molar-refractivity contribution is -0.133. The van der Waals surface area contributed by atoms with E-state index in [1.54, 1.807) is 0 Å². The molecule has 0 bridgehead atoms. The molecule has 0 aromatic carbocycles. The first kappa shape index (κ1) is 12.2. The first-order valence-corrected chi connectivity index (χ1v) is 6.67. The normalized spacial score (nSPS) is 24.6. The van der Waals surface area contributed by atoms with E-state index in [0.29, 0.717) is 0 Å². The molecular weight excluding hydrogens is 212 g/mol. The predicted molar refractivity (Wildman–Crippen MR) is 66.1 cm³/mol. The lowest BCUT2D eigenvalue weighted by Crippen LogP contribution is -2.43. The van der Waals surface area contributed by atoms with Gasteiger partial charge in [0, 0.05) is 13.1 Å². The summed E-state index contributed by atoms with van der Waals surface area (Å²) in [5, 5.41) is 9.21. The SMILES string of the molecule is CCCCN1CC2=C(CCCC2)C(C#N)C1=O. The van der Waals surface area contributed by atoms with Crippen molar-refractivity contribution in [1.82, 2.24) is 4.90 Å². The van der Waals surface area contributed by atoms with Crippen LogP contribution >= 0.6 is 0 Å². The third-order valence-electron chi connectivity index (χ3n) is 3.83. The van der Waals surface area contributed by atoms with Crippen molar-refractivity contribution in [2.45, 2.75) is 45.4 Å². The molecule has 1 amide bonds. The van der Waals surface area contributed by atoms with Crippen molar-refractivity contribution in [2.24, 2.45) is 5.92 Å². The van der Waals surface area contributed by atoms with Crippen LogP contribution in [0.1, 0.15) is 45.4 Å². The van der Waals surface area contributed by atoms with Crippen molar-refractivity contribution in [1.29, 1.82) is 5.26 Å². The minimum absolute atomic E-state index is 0.0431. The third-order valence-corrected chi connectivity index (χ3v) is 3.83. The van der Waals surface area contributed by atoms with E-state index in [1.165, 1.54) is 12.0 Å². The predicted octanol–water partition coefficient (Wildman–Crippen LogP) is 2.64. The van der Waals surface area contributed by atoms with E-state index in [-0.39, 0.29) is 5.91 Å². The zero-order chi connectivity index (χ0) is 12.3. The monoisotopic (exact) mass is 232 g/mol. The van der Waals surface area contributed by atoms with Crippen LogP contribution in [0.25, 0.3) is 0 Å². The Morgan fingerprint density at radius 2 is 2.18 bits per heavy atom. The molecule has 1 aliphatic heterocycles. The van der Waals surface area contributed by atoms with E-state index >= 15 is 0 Å². The van der Waals surface area contributed by atoms with Crippen LogP contribution in [0, 0.1) is 17.2 Å². The van der Waals surface area contributed by atoms with Crippen molar-refractivity contribution in [3.63, 3.8) is 0 Å². The summed E-state index contributed by atoms with van der Waals surface area (Å²) in [7, 11) is 0. The van der Waals surface area contributed by atoms with Crippen molar-refractivity contribution in [3.8, 4) is 6.07 Å². The number of hydrogen-bond acceptors (Lipinski definition) is 2. The second kappa shape index (κ2) is 5.35. The summed E-state index contributed by atoms with van der Waals surface area (Å²) in [6.07, 6.45) is 6.52. The molecule has 0 saturated heterocycles. The Labute approximate surface area is 103 Å². The van der Waals surface area contributed by atoms with Gasteiger partial charge in [-0.3, -0.25) is 4.79 Å². The lowest BCUT2D eigenvalue weighted by Gasteiger charge is -2.35. The fourth-order valence-corrected chi connectivity index (χ4v) is 2.83. The van der Waals surface area contributed by atoms with Gasteiger partial charge in [-0.25, -0.2) is 0 Å². The molecule has 0 N–H and O–H groups in total. The van der Waals surface area contributed by atoms with Gasteiger partial charge in [-0.1, -0.05) is 13.3 Å². The van der Waals surface area contributed by atoms with Crippen molar-refractivity contribution in [2.75, 3.05) is 13.1 Å². The third kappa shape index (κ3) is 2.36. The van der Waals surface area contributed by atoms with Crippen LogP contribution in [-0.4, -0.2) is 23.9 Å². The van der Waals surface area contributed by atoms with Crippen molar-refractivity contribution >= 4 is 5.91 Å². The summed E-state index contributed by atoms with van der Waals surface area (Å²) in [6, 6.07) is 2.21. The number of amides is 1. The highest BCUT2D eigenvalue weighted by atomic mass is 16.2. The van der Waals surface area contributed by atoms with Crippen molar-refractivity contribution in [3.05, 3.63) is 11.1 Å². The molecule has 0 radical (unpaired) electrons. The molecule has 17 heavy (non-hydrogen) atoms. The molecule has 0 aromatic rings. The molecule has 1 atom stereocenters. The van der Waals surface area contributed by atoms with Crippen LogP contribution < -0.4 is 0 Å². The molecule has 92 valence electrons. The second-order valence-corrected chi connectivity index (χ2v) is 5.01. The maximum atomic E-state index is 12.2. The summed E-state index contributed by atoms with van der Waals surface area (Å²) in [5.74, 6) is -0.433. The fraction of sp³-hybridized carbons (Fsp3) is 0.714. The topological polar surface area (TPSA) is 44.1 Å². The van der Waals surface area contributed by atoms with Gasteiger partial charge in [-0.05, 0) is 43.3 Å². The van der Waals surface area contributed by atoms with Gasteiger partial charge in [-0.2, -0.15) is 5.26 Å². The number of hydrogen-bond donors (Lipinski definition) is 0. The minimum atomic E-state index is -0.476. The van der Waals surface area contributed by atoms with E-state index in [1.807, 2.05) is 4.90 Å². The zero-order valence-corrected chi connectivity index (χ0v) is 10.5. The van der Waals surface area contributed by atoms with E-state index in [2.05, 4.69) is 13.0 Å². The summed E-state index contributed by atoms with van der Waals surface area (Å²) >= 11 is 0. The lowest BCUT2D eigenvalue weighted by atomic mass is 9.81. The molecule has 0 saturated carbocycles. The highest BCUT2D eigenvalue weighted by molar-refractivity contribution is 5.86. The van der Waals surface area contributed by atoms with Gasteiger partial charge in [-0.15, -0.1) is 0 Å². The van der Waals surface area contributed by atoms with Crippen molar-refractivity contribution < 1.29 is 4.79 Å². The largest absolute Gasteiger partial charge is 0.337 e. The average Bonchev–Trinajstić information content (AvgIpc) is 2.36. The van der Waals surface area contributed by atoms with Gasteiger partial charge in [0.25, 0.3) is 0 Å². The van der Waals surface area contributed by atoms with Gasteiger partial charge in [0.2, 0.25) is 5.91 Å². The summed E-state index contributed by atoms with van der Waals surface area (Å²) in [5.41, 5.74) is 2.52. The van der Waals surface area contributed by atoms with E-state index < -0.39 is 5.92 Å². The maximum Gasteiger partial charge on any atom is 0.244 e. The quantitative estimate of drug-likeness (QED) is 0.702. The Morgan fingerprint density at radius 1 is 1.41 bits per heavy atom. The number of carbonyl (C=O) groups is 1. The molecular formula is C14H20N2O. The minimum Gasteiger partial charge on any atom is -0.337 e. The number of nitriles is 1. The summed E-state index contributed by atoms with van der Waals surface area (Å²) in [4.78, 5) is 14.1. The smallest absolute Gasteiger partial charge is 0.244 e. The Morgan fingerprint density at radius 3 is 2.88 bits per heavy atom. The molecule has 3 nitrogen and oxygen atoms in total. The Bertz CT molecular complexity index is 378. The van der Waals surface area contributed by atoms with Gasteiger partial charge < -0.3 is 4.90 Å². The number of unbranched alkanes of at least 4 members (excludes halogenated alkanes) is 1. The Kier molecular flexibility index (Phi) is 3.83. The molecule has 1 aliphatic carbocycles. The molecule has 0 aromatic heterocycles. The zero-order valence-electron chi connectivity index (χ0n) is 10.5. The van der Waals surface area contributed by atoms with Gasteiger partial charge in [0.1, 0.15) is 5.92 Å². The van der Waals surface area contributed by atoms with Crippen LogP contribution in [0.4, 0.5) is 0 Å². The van der Waals surface area contributed by atoms with Crippen LogP contribution in [0.5, 0.6) is 0 Å². The first-order valence-electron chi connectivity index (χ1n) is 6.67. The molecule has 3 heteroatoms. The number of carbonyl (C=O) groups excluding carboxylic acids is 1. The van der Waals surface area contributed by atoms with Crippen LogP contribution in [-0.2, 0) is 4.79 Å². The van der Waals surface area contributed by atoms with Crippen LogP contribution in [0.3, 0.4) is 0 Å². The van der Waals surface area contributed by atoms with Crippen LogP contribution in [0.15, 0.2) is 11.1 Å². The molecule has 1 heterocycles. The number of nitrogens with zero attached hydrogens (tertiary/aromatic N) is 2. The van der Waals surface area contributed by atoms with Crippen LogP contribution in [0.2, 0.25) is 0 Å². The highest BCUT2D eigenvalue weighted by Crippen LogP contribution is 2.35. The maximum absolute atomic E-state index is 12.2. The summed E-state index contributed by atoms with van der Waals surface area (Å²) < 4.78 is 0.